The van der Waals surface area contributed by atoms with Crippen LogP contribution in [0.5, 0.6) is 5.88 Å². The number of aromatic nitrogens is 2. The van der Waals surface area contributed by atoms with Crippen LogP contribution in [0.15, 0.2) is 12.3 Å². The van der Waals surface area contributed by atoms with Crippen LogP contribution in [0, 0.1) is 16.7 Å². The third-order valence-electron chi connectivity index (χ3n) is 7.18. The SMILES string of the molecule is CC(C)(C)[Si](C)(C)OC(COc1ccn[nH]1)C1C2(CC2)C12CC2. The van der Waals surface area contributed by atoms with Gasteiger partial charge in [-0.1, -0.05) is 20.8 Å². The van der Waals surface area contributed by atoms with E-state index >= 15 is 0 Å². The molecule has 2 spiro atoms. The van der Waals surface area contributed by atoms with Crippen molar-refractivity contribution in [3.05, 3.63) is 12.3 Å². The Morgan fingerprint density at radius 2 is 1.87 bits per heavy atom. The average Bonchev–Trinajstić information content (AvgIpc) is 3.40. The minimum absolute atomic E-state index is 0.238. The van der Waals surface area contributed by atoms with Gasteiger partial charge in [0.1, 0.15) is 6.61 Å². The van der Waals surface area contributed by atoms with Gasteiger partial charge < -0.3 is 9.16 Å². The average molecular weight is 335 g/mol. The van der Waals surface area contributed by atoms with E-state index in [1.807, 2.05) is 6.07 Å². The molecule has 1 heterocycles. The second-order valence-corrected chi connectivity index (χ2v) is 14.2. The lowest BCUT2D eigenvalue weighted by Crippen LogP contribution is -2.46. The van der Waals surface area contributed by atoms with Gasteiger partial charge in [0, 0.05) is 6.07 Å². The highest BCUT2D eigenvalue weighted by atomic mass is 28.4. The standard InChI is InChI=1S/C18H30N2O2Si/c1-16(2,3)23(4,5)22-13(12-21-14-6-11-19-20-14)15-17(7-8-17)18(15)9-10-18/h6,11,13,15H,7-10,12H2,1-5H3,(H,19,20). The zero-order valence-electron chi connectivity index (χ0n) is 15.1. The highest BCUT2D eigenvalue weighted by molar-refractivity contribution is 6.74. The first-order valence-electron chi connectivity index (χ1n) is 9.02. The Kier molecular flexibility index (Phi) is 3.16. The molecule has 3 aliphatic rings. The summed E-state index contributed by atoms with van der Waals surface area (Å²) in [6.45, 7) is 12.3. The Hall–Kier alpha value is -0.813. The van der Waals surface area contributed by atoms with E-state index in [-0.39, 0.29) is 11.1 Å². The maximum atomic E-state index is 6.86. The minimum Gasteiger partial charge on any atom is -0.475 e. The first kappa shape index (κ1) is 15.7. The molecule has 23 heavy (non-hydrogen) atoms. The number of rotatable bonds is 6. The number of hydrogen-bond donors (Lipinski definition) is 1. The number of nitrogens with one attached hydrogen (secondary N) is 1. The normalized spacial score (nSPS) is 25.6. The Labute approximate surface area is 140 Å². The van der Waals surface area contributed by atoms with Gasteiger partial charge in [0.15, 0.2) is 8.32 Å². The summed E-state index contributed by atoms with van der Waals surface area (Å²) < 4.78 is 12.8. The van der Waals surface area contributed by atoms with Gasteiger partial charge in [-0.05, 0) is 60.6 Å². The van der Waals surface area contributed by atoms with Crippen molar-refractivity contribution in [3.8, 4) is 5.88 Å². The van der Waals surface area contributed by atoms with Crippen molar-refractivity contribution < 1.29 is 9.16 Å². The predicted molar refractivity (Wildman–Crippen MR) is 93.0 cm³/mol. The molecule has 4 nitrogen and oxygen atoms in total. The second-order valence-electron chi connectivity index (χ2n) is 9.44. The van der Waals surface area contributed by atoms with Crippen LogP contribution in [0.1, 0.15) is 46.5 Å². The van der Waals surface area contributed by atoms with Gasteiger partial charge in [0.05, 0.1) is 12.3 Å². The molecule has 1 atom stereocenters. The molecule has 0 amide bonds. The van der Waals surface area contributed by atoms with E-state index in [0.717, 1.165) is 11.8 Å². The van der Waals surface area contributed by atoms with Crippen LogP contribution in [-0.4, -0.2) is 31.2 Å². The zero-order valence-corrected chi connectivity index (χ0v) is 16.1. The maximum Gasteiger partial charge on any atom is 0.209 e. The van der Waals surface area contributed by atoms with Gasteiger partial charge in [0.25, 0.3) is 0 Å². The van der Waals surface area contributed by atoms with Crippen molar-refractivity contribution in [2.75, 3.05) is 6.61 Å². The molecule has 3 fully saturated rings. The monoisotopic (exact) mass is 334 g/mol. The molecule has 1 aromatic heterocycles. The quantitative estimate of drug-likeness (QED) is 0.786. The van der Waals surface area contributed by atoms with Crippen LogP contribution in [0.25, 0.3) is 0 Å². The van der Waals surface area contributed by atoms with Crippen molar-refractivity contribution in [3.63, 3.8) is 0 Å². The lowest BCUT2D eigenvalue weighted by atomic mass is 10.2. The van der Waals surface area contributed by atoms with Crippen molar-refractivity contribution in [2.45, 2.75) is 70.7 Å². The molecule has 3 saturated carbocycles. The van der Waals surface area contributed by atoms with Crippen molar-refractivity contribution >= 4 is 8.32 Å². The summed E-state index contributed by atoms with van der Waals surface area (Å²) in [5.74, 6) is 1.48. The molecule has 1 N–H and O–H groups in total. The number of nitrogens with zero attached hydrogens (tertiary/aromatic N) is 1. The molecule has 5 heteroatoms. The van der Waals surface area contributed by atoms with Gasteiger partial charge in [-0.2, -0.15) is 5.10 Å². The van der Waals surface area contributed by atoms with Gasteiger partial charge >= 0.3 is 0 Å². The molecule has 3 aliphatic carbocycles. The van der Waals surface area contributed by atoms with Gasteiger partial charge in [-0.15, -0.1) is 0 Å². The van der Waals surface area contributed by atoms with E-state index in [0.29, 0.717) is 17.4 Å². The molecule has 1 aromatic rings. The molecule has 0 radical (unpaired) electrons. The van der Waals surface area contributed by atoms with E-state index < -0.39 is 8.32 Å². The van der Waals surface area contributed by atoms with Gasteiger partial charge in [0.2, 0.25) is 5.88 Å². The topological polar surface area (TPSA) is 47.1 Å². The number of hydrogen-bond acceptors (Lipinski definition) is 3. The van der Waals surface area contributed by atoms with Crippen molar-refractivity contribution in [1.82, 2.24) is 10.2 Å². The molecule has 0 aromatic carbocycles. The molecule has 4 rings (SSSR count). The molecule has 0 aliphatic heterocycles. The number of aromatic amines is 1. The Morgan fingerprint density at radius 3 is 2.30 bits per heavy atom. The summed E-state index contributed by atoms with van der Waals surface area (Å²) in [4.78, 5) is 0. The summed E-state index contributed by atoms with van der Waals surface area (Å²) in [7, 11) is -1.79. The third-order valence-corrected chi connectivity index (χ3v) is 11.7. The van der Waals surface area contributed by atoms with Crippen LogP contribution in [0.3, 0.4) is 0 Å². The zero-order chi connectivity index (χ0) is 16.5. The van der Waals surface area contributed by atoms with Crippen LogP contribution in [0.4, 0.5) is 0 Å². The predicted octanol–water partition coefficient (Wildman–Crippen LogP) is 4.37. The summed E-state index contributed by atoms with van der Waals surface area (Å²) in [5.41, 5.74) is 1.27. The largest absolute Gasteiger partial charge is 0.475 e. The van der Waals surface area contributed by atoms with E-state index in [4.69, 9.17) is 9.16 Å². The van der Waals surface area contributed by atoms with Crippen molar-refractivity contribution in [2.24, 2.45) is 16.7 Å². The van der Waals surface area contributed by atoms with E-state index in [1.165, 1.54) is 25.7 Å². The summed E-state index contributed by atoms with van der Waals surface area (Å²) >= 11 is 0. The Morgan fingerprint density at radius 1 is 1.26 bits per heavy atom. The van der Waals surface area contributed by atoms with Gasteiger partial charge in [-0.25, -0.2) is 5.10 Å². The molecular weight excluding hydrogens is 304 g/mol. The summed E-state index contributed by atoms with van der Waals surface area (Å²) in [6, 6.07) is 1.88. The lowest BCUT2D eigenvalue weighted by Gasteiger charge is -2.39. The maximum absolute atomic E-state index is 6.86. The molecule has 0 saturated heterocycles. The van der Waals surface area contributed by atoms with E-state index in [2.05, 4.69) is 44.1 Å². The number of H-pyrrole nitrogens is 1. The molecular formula is C18H30N2O2Si. The number of fused-ring (bicyclic) bond motifs is 1. The van der Waals surface area contributed by atoms with E-state index in [1.54, 1.807) is 6.20 Å². The summed E-state index contributed by atoms with van der Waals surface area (Å²) in [5, 5.41) is 7.11. The summed E-state index contributed by atoms with van der Waals surface area (Å²) in [6.07, 6.45) is 7.64. The molecule has 0 bridgehead atoms. The smallest absolute Gasteiger partial charge is 0.209 e. The lowest BCUT2D eigenvalue weighted by molar-refractivity contribution is 0.0852. The van der Waals surface area contributed by atoms with Gasteiger partial charge in [-0.3, -0.25) is 0 Å². The highest BCUT2D eigenvalue weighted by Crippen LogP contribution is 2.93. The highest BCUT2D eigenvalue weighted by Gasteiger charge is 2.88. The Bertz CT molecular complexity index is 565. The fraction of sp³-hybridized carbons (Fsp3) is 0.833. The second kappa shape index (κ2) is 4.63. The third kappa shape index (κ3) is 2.30. The van der Waals surface area contributed by atoms with Crippen LogP contribution in [0.2, 0.25) is 18.1 Å². The molecule has 1 unspecified atom stereocenters. The van der Waals surface area contributed by atoms with Crippen LogP contribution in [-0.2, 0) is 4.43 Å². The molecule has 128 valence electrons. The Balaban J connectivity index is 1.50. The van der Waals surface area contributed by atoms with Crippen LogP contribution < -0.4 is 4.74 Å². The van der Waals surface area contributed by atoms with Crippen LogP contribution >= 0.6 is 0 Å². The van der Waals surface area contributed by atoms with E-state index in [9.17, 15) is 0 Å². The fourth-order valence-corrected chi connectivity index (χ4v) is 5.94. The first-order valence-corrected chi connectivity index (χ1v) is 11.9. The first-order chi connectivity index (χ1) is 10.7. The minimum atomic E-state index is -1.79. The van der Waals surface area contributed by atoms with Crippen molar-refractivity contribution in [1.29, 1.82) is 0 Å². The fourth-order valence-electron chi connectivity index (χ4n) is 4.62. The number of ether oxygens (including phenoxy) is 1.